The highest BCUT2D eigenvalue weighted by molar-refractivity contribution is 14.0. The van der Waals surface area contributed by atoms with Gasteiger partial charge in [-0.05, 0) is 17.7 Å². The van der Waals surface area contributed by atoms with Gasteiger partial charge in [0.15, 0.2) is 5.96 Å². The summed E-state index contributed by atoms with van der Waals surface area (Å²) in [5.41, 5.74) is 11.3. The average Bonchev–Trinajstić information content (AvgIpc) is 2.02. The highest BCUT2D eigenvalue weighted by Crippen LogP contribution is 2.21. The minimum atomic E-state index is 0. The second kappa shape index (κ2) is 6.47. The van der Waals surface area contributed by atoms with Crippen LogP contribution in [-0.4, -0.2) is 5.96 Å². The van der Waals surface area contributed by atoms with Crippen molar-refractivity contribution in [2.45, 2.75) is 6.54 Å². The van der Waals surface area contributed by atoms with Crippen LogP contribution in [0.3, 0.4) is 0 Å². The molecule has 0 atom stereocenters. The molecule has 0 aromatic heterocycles. The van der Waals surface area contributed by atoms with Gasteiger partial charge in [0, 0.05) is 9.50 Å². The van der Waals surface area contributed by atoms with E-state index in [-0.39, 0.29) is 29.9 Å². The van der Waals surface area contributed by atoms with Crippen molar-refractivity contribution in [1.82, 2.24) is 0 Å². The monoisotopic (exact) mass is 389 g/mol. The molecule has 1 rings (SSSR count). The van der Waals surface area contributed by atoms with E-state index in [9.17, 15) is 0 Å². The summed E-state index contributed by atoms with van der Waals surface area (Å²) in [6.07, 6.45) is 0. The summed E-state index contributed by atoms with van der Waals surface area (Å²) in [7, 11) is 0. The normalized spacial score (nSPS) is 9.00. The molecular formula is C8H10BrClIN3. The number of halogens is 3. The van der Waals surface area contributed by atoms with Gasteiger partial charge in [-0.25, -0.2) is 4.99 Å². The van der Waals surface area contributed by atoms with Crippen molar-refractivity contribution in [2.24, 2.45) is 16.5 Å². The van der Waals surface area contributed by atoms with Crippen molar-refractivity contribution >= 4 is 57.5 Å². The molecule has 4 N–H and O–H groups in total. The molecular weight excluding hydrogens is 380 g/mol. The van der Waals surface area contributed by atoms with Gasteiger partial charge in [0.1, 0.15) is 0 Å². The predicted octanol–water partition coefficient (Wildman–Crippen LogP) is 2.49. The van der Waals surface area contributed by atoms with Crippen LogP contribution in [0.2, 0.25) is 5.02 Å². The van der Waals surface area contributed by atoms with Crippen molar-refractivity contribution in [3.63, 3.8) is 0 Å². The Morgan fingerprint density at radius 3 is 2.57 bits per heavy atom. The maximum absolute atomic E-state index is 5.93. The number of hydrogen-bond acceptors (Lipinski definition) is 1. The predicted molar refractivity (Wildman–Crippen MR) is 74.1 cm³/mol. The van der Waals surface area contributed by atoms with E-state index in [4.69, 9.17) is 23.1 Å². The number of nitrogens with zero attached hydrogens (tertiary/aromatic N) is 1. The van der Waals surface area contributed by atoms with E-state index in [1.807, 2.05) is 12.1 Å². The third-order valence-corrected chi connectivity index (χ3v) is 2.29. The van der Waals surface area contributed by atoms with Crippen molar-refractivity contribution in [3.8, 4) is 0 Å². The molecule has 0 bridgehead atoms. The fraction of sp³-hybridized carbons (Fsp3) is 0.125. The van der Waals surface area contributed by atoms with Gasteiger partial charge in [-0.15, -0.1) is 24.0 Å². The molecule has 78 valence electrons. The standard InChI is InChI=1S/C8H9BrClN3.HI/c9-6-2-1-5(7(10)3-6)4-13-8(11)12;/h1-3H,4H2,(H4,11,12,13);1H. The number of benzene rings is 1. The van der Waals surface area contributed by atoms with Crippen LogP contribution in [0.25, 0.3) is 0 Å². The summed E-state index contributed by atoms with van der Waals surface area (Å²) >= 11 is 9.24. The quantitative estimate of drug-likeness (QED) is 0.463. The summed E-state index contributed by atoms with van der Waals surface area (Å²) in [6, 6.07) is 5.57. The van der Waals surface area contributed by atoms with Crippen LogP contribution in [0.5, 0.6) is 0 Å². The fourth-order valence-electron chi connectivity index (χ4n) is 0.826. The van der Waals surface area contributed by atoms with Gasteiger partial charge >= 0.3 is 0 Å². The fourth-order valence-corrected chi connectivity index (χ4v) is 1.56. The van der Waals surface area contributed by atoms with Gasteiger partial charge < -0.3 is 11.5 Å². The van der Waals surface area contributed by atoms with Gasteiger partial charge in [-0.3, -0.25) is 0 Å². The average molecular weight is 390 g/mol. The lowest BCUT2D eigenvalue weighted by Gasteiger charge is -2.01. The topological polar surface area (TPSA) is 64.4 Å². The smallest absolute Gasteiger partial charge is 0.186 e. The molecule has 0 unspecified atom stereocenters. The van der Waals surface area contributed by atoms with E-state index >= 15 is 0 Å². The Morgan fingerprint density at radius 1 is 1.43 bits per heavy atom. The van der Waals surface area contributed by atoms with Gasteiger partial charge in [0.2, 0.25) is 0 Å². The van der Waals surface area contributed by atoms with Crippen LogP contribution in [0.4, 0.5) is 0 Å². The first-order valence-electron chi connectivity index (χ1n) is 3.59. The Morgan fingerprint density at radius 2 is 2.07 bits per heavy atom. The lowest BCUT2D eigenvalue weighted by Crippen LogP contribution is -2.22. The van der Waals surface area contributed by atoms with Gasteiger partial charge in [0.05, 0.1) is 6.54 Å². The van der Waals surface area contributed by atoms with Crippen LogP contribution in [0.1, 0.15) is 5.56 Å². The minimum Gasteiger partial charge on any atom is -0.370 e. The lowest BCUT2D eigenvalue weighted by atomic mass is 10.2. The Labute approximate surface area is 113 Å². The zero-order valence-corrected chi connectivity index (χ0v) is 11.9. The van der Waals surface area contributed by atoms with Gasteiger partial charge in [0.25, 0.3) is 0 Å². The number of hydrogen-bond donors (Lipinski definition) is 2. The van der Waals surface area contributed by atoms with Crippen LogP contribution < -0.4 is 11.5 Å². The van der Waals surface area contributed by atoms with Crippen LogP contribution >= 0.6 is 51.5 Å². The first-order chi connectivity index (χ1) is 6.09. The van der Waals surface area contributed by atoms with Crippen LogP contribution in [-0.2, 0) is 6.54 Å². The molecule has 0 spiro atoms. The molecule has 1 aromatic rings. The molecule has 3 nitrogen and oxygen atoms in total. The van der Waals surface area contributed by atoms with Gasteiger partial charge in [-0.1, -0.05) is 33.6 Å². The maximum atomic E-state index is 5.93. The van der Waals surface area contributed by atoms with Crippen LogP contribution in [0.15, 0.2) is 27.7 Å². The number of rotatable bonds is 2. The van der Waals surface area contributed by atoms with Crippen molar-refractivity contribution < 1.29 is 0 Å². The minimum absolute atomic E-state index is 0. The number of guanidine groups is 1. The zero-order chi connectivity index (χ0) is 9.84. The molecule has 14 heavy (non-hydrogen) atoms. The van der Waals surface area contributed by atoms with E-state index in [0.29, 0.717) is 11.6 Å². The molecule has 1 aromatic carbocycles. The SMILES string of the molecule is I.NC(N)=NCc1ccc(Br)cc1Cl. The second-order valence-corrected chi connectivity index (χ2v) is 3.80. The van der Waals surface area contributed by atoms with Crippen LogP contribution in [0, 0.1) is 0 Å². The zero-order valence-electron chi connectivity index (χ0n) is 7.21. The highest BCUT2D eigenvalue weighted by Gasteiger charge is 1.99. The number of aliphatic imine (C=N–C) groups is 1. The molecule has 0 aliphatic rings. The van der Waals surface area contributed by atoms with Crippen molar-refractivity contribution in [2.75, 3.05) is 0 Å². The maximum Gasteiger partial charge on any atom is 0.186 e. The summed E-state index contributed by atoms with van der Waals surface area (Å²) in [6.45, 7) is 0.411. The first-order valence-corrected chi connectivity index (χ1v) is 4.76. The largest absolute Gasteiger partial charge is 0.370 e. The molecule has 0 saturated heterocycles. The van der Waals surface area contributed by atoms with E-state index in [1.165, 1.54) is 0 Å². The van der Waals surface area contributed by atoms with E-state index in [2.05, 4.69) is 20.9 Å². The number of nitrogens with two attached hydrogens (primary N) is 2. The second-order valence-electron chi connectivity index (χ2n) is 2.48. The molecule has 6 heteroatoms. The van der Waals surface area contributed by atoms with E-state index in [0.717, 1.165) is 10.0 Å². The molecule has 0 aliphatic carbocycles. The molecule has 0 heterocycles. The molecule has 0 saturated carbocycles. The Bertz CT molecular complexity index is 339. The van der Waals surface area contributed by atoms with E-state index < -0.39 is 0 Å². The molecule has 0 fully saturated rings. The molecule has 0 amide bonds. The third kappa shape index (κ3) is 4.47. The highest BCUT2D eigenvalue weighted by atomic mass is 127. The summed E-state index contributed by atoms with van der Waals surface area (Å²) in [5.74, 6) is 0.0685. The summed E-state index contributed by atoms with van der Waals surface area (Å²) in [5, 5.41) is 0.652. The summed E-state index contributed by atoms with van der Waals surface area (Å²) < 4.78 is 0.936. The van der Waals surface area contributed by atoms with E-state index in [1.54, 1.807) is 6.07 Å². The van der Waals surface area contributed by atoms with Crippen molar-refractivity contribution in [1.29, 1.82) is 0 Å². The van der Waals surface area contributed by atoms with Gasteiger partial charge in [-0.2, -0.15) is 0 Å². The first kappa shape index (κ1) is 14.0. The Hall–Kier alpha value is -0.0100. The molecule has 0 aliphatic heterocycles. The lowest BCUT2D eigenvalue weighted by molar-refractivity contribution is 1.05. The molecule has 0 radical (unpaired) electrons. The Kier molecular flexibility index (Phi) is 6.46. The van der Waals surface area contributed by atoms with Crippen molar-refractivity contribution in [3.05, 3.63) is 33.3 Å². The Balaban J connectivity index is 0.00000169. The third-order valence-electron chi connectivity index (χ3n) is 1.45. The summed E-state index contributed by atoms with van der Waals surface area (Å²) in [4.78, 5) is 3.86.